The Kier molecular flexibility index (Phi) is 4.91. The topological polar surface area (TPSA) is 60.9 Å². The minimum Gasteiger partial charge on any atom is -0.342 e. The average molecular weight is 398 g/mol. The highest BCUT2D eigenvalue weighted by molar-refractivity contribution is 5.94. The second-order valence-corrected chi connectivity index (χ2v) is 9.03. The van der Waals surface area contributed by atoms with E-state index in [1.807, 2.05) is 52.8 Å². The molecule has 3 aliphatic heterocycles. The zero-order valence-corrected chi connectivity index (χ0v) is 17.7. The van der Waals surface area contributed by atoms with Crippen molar-refractivity contribution in [1.82, 2.24) is 14.7 Å². The number of benzene rings is 1. The lowest BCUT2D eigenvalue weighted by Crippen LogP contribution is -2.53. The Hall–Kier alpha value is -2.37. The molecule has 4 rings (SSSR count). The molecule has 156 valence electrons. The van der Waals surface area contributed by atoms with Gasteiger partial charge in [-0.25, -0.2) is 0 Å². The van der Waals surface area contributed by atoms with Crippen LogP contribution in [0.4, 0.5) is 0 Å². The summed E-state index contributed by atoms with van der Waals surface area (Å²) >= 11 is 0. The predicted octanol–water partition coefficient (Wildman–Crippen LogP) is 2.32. The van der Waals surface area contributed by atoms with E-state index in [1.165, 1.54) is 0 Å². The third-order valence-corrected chi connectivity index (χ3v) is 7.57. The number of likely N-dealkylation sites (tertiary alicyclic amines) is 3. The third-order valence-electron chi connectivity index (χ3n) is 7.57. The Bertz CT molecular complexity index is 844. The molecular formula is C23H31N3O3. The molecule has 2 spiro atoms. The summed E-state index contributed by atoms with van der Waals surface area (Å²) in [7, 11) is 0. The minimum atomic E-state index is -0.479. The molecule has 3 fully saturated rings. The van der Waals surface area contributed by atoms with Crippen LogP contribution in [0.3, 0.4) is 0 Å². The summed E-state index contributed by atoms with van der Waals surface area (Å²) in [4.78, 5) is 44.3. The lowest BCUT2D eigenvalue weighted by atomic mass is 9.60. The van der Waals surface area contributed by atoms with Crippen LogP contribution in [0.5, 0.6) is 0 Å². The Labute approximate surface area is 172 Å². The van der Waals surface area contributed by atoms with Crippen LogP contribution in [0.25, 0.3) is 0 Å². The summed E-state index contributed by atoms with van der Waals surface area (Å²) in [6, 6.07) is 7.71. The molecule has 6 nitrogen and oxygen atoms in total. The van der Waals surface area contributed by atoms with Crippen LogP contribution in [0, 0.1) is 17.8 Å². The maximum absolute atomic E-state index is 13.4. The van der Waals surface area contributed by atoms with Gasteiger partial charge in [0.25, 0.3) is 5.91 Å². The second kappa shape index (κ2) is 7.15. The standard InChI is InChI=1S/C23H31N3O3/c1-4-24-13-10-23(21(24)29)16-26(18(3)27)15-22(23)8-11-25(12-9-22)20(28)19-7-5-6-17(2)14-19/h5-7,14H,4,8-13,15-16H2,1-3H3. The van der Waals surface area contributed by atoms with E-state index in [2.05, 4.69) is 0 Å². The smallest absolute Gasteiger partial charge is 0.253 e. The molecule has 0 aromatic heterocycles. The summed E-state index contributed by atoms with van der Waals surface area (Å²) in [5.74, 6) is 0.316. The van der Waals surface area contributed by atoms with Crippen molar-refractivity contribution < 1.29 is 14.4 Å². The van der Waals surface area contributed by atoms with Gasteiger partial charge < -0.3 is 14.7 Å². The van der Waals surface area contributed by atoms with E-state index in [9.17, 15) is 14.4 Å². The van der Waals surface area contributed by atoms with Gasteiger partial charge in [0.2, 0.25) is 11.8 Å². The molecule has 0 aliphatic carbocycles. The lowest BCUT2D eigenvalue weighted by Gasteiger charge is -2.46. The lowest BCUT2D eigenvalue weighted by molar-refractivity contribution is -0.141. The van der Waals surface area contributed by atoms with Gasteiger partial charge in [0.15, 0.2) is 0 Å². The normalized spacial score (nSPS) is 26.0. The van der Waals surface area contributed by atoms with Crippen molar-refractivity contribution in [3.63, 3.8) is 0 Å². The summed E-state index contributed by atoms with van der Waals surface area (Å²) in [6.45, 7) is 9.54. The molecule has 1 aromatic carbocycles. The Balaban J connectivity index is 1.57. The van der Waals surface area contributed by atoms with Crippen LogP contribution < -0.4 is 0 Å². The van der Waals surface area contributed by atoms with E-state index in [1.54, 1.807) is 6.92 Å². The molecule has 1 unspecified atom stereocenters. The Morgan fingerprint density at radius 2 is 1.76 bits per heavy atom. The zero-order valence-electron chi connectivity index (χ0n) is 17.7. The van der Waals surface area contributed by atoms with Gasteiger partial charge in [-0.05, 0) is 45.2 Å². The van der Waals surface area contributed by atoms with Crippen molar-refractivity contribution in [2.24, 2.45) is 10.8 Å². The van der Waals surface area contributed by atoms with E-state index in [0.29, 0.717) is 32.7 Å². The van der Waals surface area contributed by atoms with Crippen LogP contribution in [0.2, 0.25) is 0 Å². The molecule has 0 radical (unpaired) electrons. The molecule has 1 atom stereocenters. The largest absolute Gasteiger partial charge is 0.342 e. The van der Waals surface area contributed by atoms with Crippen molar-refractivity contribution in [3.8, 4) is 0 Å². The monoisotopic (exact) mass is 397 g/mol. The highest BCUT2D eigenvalue weighted by atomic mass is 16.2. The zero-order chi connectivity index (χ0) is 20.8. The number of amides is 3. The van der Waals surface area contributed by atoms with Gasteiger partial charge in [-0.2, -0.15) is 0 Å². The Morgan fingerprint density at radius 3 is 2.34 bits per heavy atom. The molecule has 3 aliphatic rings. The van der Waals surface area contributed by atoms with Gasteiger partial charge in [-0.3, -0.25) is 14.4 Å². The first-order valence-corrected chi connectivity index (χ1v) is 10.7. The number of fused-ring (bicyclic) bond motifs is 1. The summed E-state index contributed by atoms with van der Waals surface area (Å²) in [6.07, 6.45) is 2.37. The van der Waals surface area contributed by atoms with Crippen molar-refractivity contribution in [2.75, 3.05) is 39.3 Å². The van der Waals surface area contributed by atoms with Gasteiger partial charge in [0.1, 0.15) is 0 Å². The first-order chi connectivity index (χ1) is 13.8. The first kappa shape index (κ1) is 19.9. The molecule has 0 saturated carbocycles. The molecule has 3 amide bonds. The fraction of sp³-hybridized carbons (Fsp3) is 0.609. The van der Waals surface area contributed by atoms with E-state index < -0.39 is 5.41 Å². The van der Waals surface area contributed by atoms with Crippen LogP contribution in [-0.4, -0.2) is 71.7 Å². The molecule has 3 saturated heterocycles. The highest BCUT2D eigenvalue weighted by Crippen LogP contribution is 2.57. The third kappa shape index (κ3) is 3.04. The summed E-state index contributed by atoms with van der Waals surface area (Å²) in [5, 5.41) is 0. The number of rotatable bonds is 2. The quantitative estimate of drug-likeness (QED) is 0.769. The van der Waals surface area contributed by atoms with Crippen LogP contribution >= 0.6 is 0 Å². The predicted molar refractivity (Wildman–Crippen MR) is 110 cm³/mol. The van der Waals surface area contributed by atoms with Gasteiger partial charge in [0, 0.05) is 57.2 Å². The van der Waals surface area contributed by atoms with Gasteiger partial charge in [0.05, 0.1) is 5.41 Å². The fourth-order valence-electron chi connectivity index (χ4n) is 5.80. The van der Waals surface area contributed by atoms with Crippen molar-refractivity contribution >= 4 is 17.7 Å². The first-order valence-electron chi connectivity index (χ1n) is 10.7. The highest BCUT2D eigenvalue weighted by Gasteiger charge is 2.65. The van der Waals surface area contributed by atoms with E-state index in [0.717, 1.165) is 36.9 Å². The Morgan fingerprint density at radius 1 is 1.03 bits per heavy atom. The number of piperidine rings is 1. The number of aryl methyl sites for hydroxylation is 1. The molecule has 29 heavy (non-hydrogen) atoms. The number of carbonyl (C=O) groups excluding carboxylic acids is 3. The molecule has 1 aromatic rings. The van der Waals surface area contributed by atoms with Crippen molar-refractivity contribution in [2.45, 2.75) is 40.0 Å². The van der Waals surface area contributed by atoms with Crippen LogP contribution in [-0.2, 0) is 9.59 Å². The summed E-state index contributed by atoms with van der Waals surface area (Å²) in [5.41, 5.74) is 1.10. The minimum absolute atomic E-state index is 0.0438. The van der Waals surface area contributed by atoms with Crippen LogP contribution in [0.1, 0.15) is 49.0 Å². The maximum Gasteiger partial charge on any atom is 0.253 e. The van der Waals surface area contributed by atoms with E-state index in [-0.39, 0.29) is 23.1 Å². The SMILES string of the molecule is CCN1CCC2(CN(C(C)=O)CC23CCN(C(=O)c2cccc(C)c2)CC3)C1=O. The second-order valence-electron chi connectivity index (χ2n) is 9.03. The van der Waals surface area contributed by atoms with E-state index >= 15 is 0 Å². The van der Waals surface area contributed by atoms with Crippen molar-refractivity contribution in [1.29, 1.82) is 0 Å². The van der Waals surface area contributed by atoms with Gasteiger partial charge in [-0.15, -0.1) is 0 Å². The number of carbonyl (C=O) groups is 3. The maximum atomic E-state index is 13.4. The molecular weight excluding hydrogens is 366 g/mol. The van der Waals surface area contributed by atoms with Gasteiger partial charge in [-0.1, -0.05) is 17.7 Å². The van der Waals surface area contributed by atoms with Crippen molar-refractivity contribution in [3.05, 3.63) is 35.4 Å². The van der Waals surface area contributed by atoms with Gasteiger partial charge >= 0.3 is 0 Å². The molecule has 0 N–H and O–H groups in total. The summed E-state index contributed by atoms with van der Waals surface area (Å²) < 4.78 is 0. The molecule has 3 heterocycles. The number of nitrogens with zero attached hydrogens (tertiary/aromatic N) is 3. The van der Waals surface area contributed by atoms with E-state index in [4.69, 9.17) is 0 Å². The fourth-order valence-corrected chi connectivity index (χ4v) is 5.80. The molecule has 6 heteroatoms. The number of hydrogen-bond donors (Lipinski definition) is 0. The molecule has 0 bridgehead atoms. The number of hydrogen-bond acceptors (Lipinski definition) is 3. The average Bonchev–Trinajstić information content (AvgIpc) is 3.21. The van der Waals surface area contributed by atoms with Crippen LogP contribution in [0.15, 0.2) is 24.3 Å².